The maximum atomic E-state index is 11.5. The molecule has 0 aromatic carbocycles. The predicted octanol–water partition coefficient (Wildman–Crippen LogP) is 1.18. The molecule has 80 valence electrons. The van der Waals surface area contributed by atoms with Crippen molar-refractivity contribution in [2.24, 2.45) is 5.92 Å². The van der Waals surface area contributed by atoms with Gasteiger partial charge in [-0.25, -0.2) is 0 Å². The maximum absolute atomic E-state index is 11.5. The number of nitrogens with zero attached hydrogens (tertiary/aromatic N) is 1. The Labute approximate surface area is 85.4 Å². The first-order valence-electron chi connectivity index (χ1n) is 5.30. The molecule has 1 amide bonds. The van der Waals surface area contributed by atoms with Crippen molar-refractivity contribution in [1.29, 1.82) is 0 Å². The highest BCUT2D eigenvalue weighted by Gasteiger charge is 2.21. The Bertz CT molecular complexity index is 211. The molecule has 1 unspecified atom stereocenters. The Morgan fingerprint density at radius 3 is 3.07 bits per heavy atom. The van der Waals surface area contributed by atoms with Gasteiger partial charge < -0.3 is 10.0 Å². The smallest absolute Gasteiger partial charge is 0.246 e. The van der Waals surface area contributed by atoms with Crippen molar-refractivity contribution in [2.45, 2.75) is 26.2 Å². The Hall–Kier alpha value is -0.830. The van der Waals surface area contributed by atoms with Crippen molar-refractivity contribution < 1.29 is 9.90 Å². The van der Waals surface area contributed by atoms with Crippen molar-refractivity contribution in [3.63, 3.8) is 0 Å². The molecule has 0 aromatic heterocycles. The molecule has 0 aromatic rings. The molecule has 0 spiro atoms. The standard InChI is InChI=1S/C11H19NO2/c1-2-4-11(14)12-7-3-5-10(9-12)6-8-13/h2,4,10,13H,3,5-9H2,1H3. The SMILES string of the molecule is CC=CC(=O)N1CCCC(CCO)C1. The van der Waals surface area contributed by atoms with Crippen LogP contribution in [-0.2, 0) is 4.79 Å². The molecule has 1 rings (SSSR count). The Morgan fingerprint density at radius 1 is 1.64 bits per heavy atom. The average Bonchev–Trinajstić information content (AvgIpc) is 2.19. The number of piperidine rings is 1. The third-order valence-corrected chi connectivity index (χ3v) is 2.68. The van der Waals surface area contributed by atoms with Crippen LogP contribution in [0.15, 0.2) is 12.2 Å². The topological polar surface area (TPSA) is 40.5 Å². The maximum Gasteiger partial charge on any atom is 0.246 e. The quantitative estimate of drug-likeness (QED) is 0.690. The molecule has 1 N–H and O–H groups in total. The zero-order valence-corrected chi connectivity index (χ0v) is 8.78. The molecule has 14 heavy (non-hydrogen) atoms. The van der Waals surface area contributed by atoms with Crippen LogP contribution in [0, 0.1) is 5.92 Å². The molecule has 0 radical (unpaired) electrons. The molecular formula is C11H19NO2. The summed E-state index contributed by atoms with van der Waals surface area (Å²) in [5, 5.41) is 8.83. The zero-order chi connectivity index (χ0) is 10.4. The first-order chi connectivity index (χ1) is 6.77. The van der Waals surface area contributed by atoms with Crippen LogP contribution in [0.25, 0.3) is 0 Å². The van der Waals surface area contributed by atoms with E-state index in [4.69, 9.17) is 5.11 Å². The fourth-order valence-corrected chi connectivity index (χ4v) is 1.93. The molecule has 1 atom stereocenters. The van der Waals surface area contributed by atoms with Crippen LogP contribution < -0.4 is 0 Å². The van der Waals surface area contributed by atoms with Crippen LogP contribution >= 0.6 is 0 Å². The Morgan fingerprint density at radius 2 is 2.43 bits per heavy atom. The van der Waals surface area contributed by atoms with Crippen molar-refractivity contribution in [2.75, 3.05) is 19.7 Å². The highest BCUT2D eigenvalue weighted by Crippen LogP contribution is 2.19. The van der Waals surface area contributed by atoms with E-state index in [9.17, 15) is 4.79 Å². The fourth-order valence-electron chi connectivity index (χ4n) is 1.93. The van der Waals surface area contributed by atoms with Gasteiger partial charge in [-0.15, -0.1) is 0 Å². The molecule has 1 fully saturated rings. The number of amides is 1. The third kappa shape index (κ3) is 3.14. The zero-order valence-electron chi connectivity index (χ0n) is 8.78. The number of hydrogen-bond donors (Lipinski definition) is 1. The molecule has 1 aliphatic rings. The number of rotatable bonds is 3. The molecular weight excluding hydrogens is 178 g/mol. The van der Waals surface area contributed by atoms with E-state index < -0.39 is 0 Å². The van der Waals surface area contributed by atoms with Crippen LogP contribution in [0.1, 0.15) is 26.2 Å². The summed E-state index contributed by atoms with van der Waals surface area (Å²) in [4.78, 5) is 13.4. The summed E-state index contributed by atoms with van der Waals surface area (Å²) < 4.78 is 0. The molecule has 1 aliphatic heterocycles. The lowest BCUT2D eigenvalue weighted by Crippen LogP contribution is -2.39. The molecule has 0 bridgehead atoms. The lowest BCUT2D eigenvalue weighted by Gasteiger charge is -2.31. The van der Waals surface area contributed by atoms with Gasteiger partial charge in [-0.3, -0.25) is 4.79 Å². The Balaban J connectivity index is 2.43. The second kappa shape index (κ2) is 5.81. The van der Waals surface area contributed by atoms with Crippen molar-refractivity contribution >= 4 is 5.91 Å². The Kier molecular flexibility index (Phi) is 4.66. The minimum absolute atomic E-state index is 0.107. The summed E-state index contributed by atoms with van der Waals surface area (Å²) in [6, 6.07) is 0. The van der Waals surface area contributed by atoms with Crippen molar-refractivity contribution in [3.05, 3.63) is 12.2 Å². The van der Waals surface area contributed by atoms with E-state index in [1.54, 1.807) is 12.2 Å². The minimum atomic E-state index is 0.107. The van der Waals surface area contributed by atoms with Gasteiger partial charge in [0.2, 0.25) is 5.91 Å². The van der Waals surface area contributed by atoms with E-state index in [1.807, 2.05) is 11.8 Å². The lowest BCUT2D eigenvalue weighted by atomic mass is 9.95. The number of aliphatic hydroxyl groups excluding tert-OH is 1. The lowest BCUT2D eigenvalue weighted by molar-refractivity contribution is -0.127. The summed E-state index contributed by atoms with van der Waals surface area (Å²) in [5.41, 5.74) is 0. The number of likely N-dealkylation sites (tertiary alicyclic amines) is 1. The van der Waals surface area contributed by atoms with Gasteiger partial charge in [-0.1, -0.05) is 6.08 Å². The van der Waals surface area contributed by atoms with Crippen LogP contribution in [0.4, 0.5) is 0 Å². The van der Waals surface area contributed by atoms with Crippen molar-refractivity contribution in [1.82, 2.24) is 4.90 Å². The summed E-state index contributed by atoms with van der Waals surface area (Å²) >= 11 is 0. The molecule has 0 aliphatic carbocycles. The van der Waals surface area contributed by atoms with E-state index in [1.165, 1.54) is 0 Å². The first kappa shape index (κ1) is 11.2. The van der Waals surface area contributed by atoms with Gasteiger partial charge in [0.25, 0.3) is 0 Å². The van der Waals surface area contributed by atoms with Crippen LogP contribution in [-0.4, -0.2) is 35.6 Å². The number of carbonyl (C=O) groups is 1. The summed E-state index contributed by atoms with van der Waals surface area (Å²) in [6.45, 7) is 3.76. The number of carbonyl (C=O) groups excluding carboxylic acids is 1. The van der Waals surface area contributed by atoms with Gasteiger partial charge >= 0.3 is 0 Å². The summed E-state index contributed by atoms with van der Waals surface area (Å²) in [6.07, 6.45) is 6.41. The van der Waals surface area contributed by atoms with Gasteiger partial charge in [0, 0.05) is 19.7 Å². The van der Waals surface area contributed by atoms with Crippen molar-refractivity contribution in [3.8, 4) is 0 Å². The second-order valence-corrected chi connectivity index (χ2v) is 3.80. The minimum Gasteiger partial charge on any atom is -0.396 e. The molecule has 0 saturated carbocycles. The number of hydrogen-bond acceptors (Lipinski definition) is 2. The molecule has 3 heteroatoms. The predicted molar refractivity (Wildman–Crippen MR) is 55.8 cm³/mol. The van der Waals surface area contributed by atoms with Gasteiger partial charge in [-0.2, -0.15) is 0 Å². The van der Waals surface area contributed by atoms with E-state index >= 15 is 0 Å². The average molecular weight is 197 g/mol. The molecule has 1 saturated heterocycles. The molecule has 1 heterocycles. The van der Waals surface area contributed by atoms with Crippen LogP contribution in [0.2, 0.25) is 0 Å². The van der Waals surface area contributed by atoms with E-state index in [0.717, 1.165) is 32.4 Å². The summed E-state index contributed by atoms with van der Waals surface area (Å²) in [7, 11) is 0. The first-order valence-corrected chi connectivity index (χ1v) is 5.30. The monoisotopic (exact) mass is 197 g/mol. The van der Waals surface area contributed by atoms with Crippen LogP contribution in [0.5, 0.6) is 0 Å². The molecule has 3 nitrogen and oxygen atoms in total. The van der Waals surface area contributed by atoms with Gasteiger partial charge in [0.15, 0.2) is 0 Å². The number of allylic oxidation sites excluding steroid dienone is 1. The highest BCUT2D eigenvalue weighted by atomic mass is 16.3. The van der Waals surface area contributed by atoms with E-state index in [-0.39, 0.29) is 12.5 Å². The third-order valence-electron chi connectivity index (χ3n) is 2.68. The van der Waals surface area contributed by atoms with Crippen LogP contribution in [0.3, 0.4) is 0 Å². The largest absolute Gasteiger partial charge is 0.396 e. The highest BCUT2D eigenvalue weighted by molar-refractivity contribution is 5.87. The normalized spacial score (nSPS) is 23.0. The summed E-state index contributed by atoms with van der Waals surface area (Å²) in [5.74, 6) is 0.595. The van der Waals surface area contributed by atoms with E-state index in [0.29, 0.717) is 5.92 Å². The second-order valence-electron chi connectivity index (χ2n) is 3.80. The number of aliphatic hydroxyl groups is 1. The fraction of sp³-hybridized carbons (Fsp3) is 0.727. The van der Waals surface area contributed by atoms with Gasteiger partial charge in [0.05, 0.1) is 0 Å². The van der Waals surface area contributed by atoms with Gasteiger partial charge in [-0.05, 0) is 38.2 Å². The van der Waals surface area contributed by atoms with E-state index in [2.05, 4.69) is 0 Å². The van der Waals surface area contributed by atoms with Gasteiger partial charge in [0.1, 0.15) is 0 Å².